The fourth-order valence-electron chi connectivity index (χ4n) is 6.08. The third-order valence-electron chi connectivity index (χ3n) is 8.69. The maximum atomic E-state index is 15.9. The molecule has 12 heteroatoms. The third-order valence-corrected chi connectivity index (χ3v) is 11.0. The number of carbonyl (C=O) groups is 1. The maximum absolute atomic E-state index is 15.9. The summed E-state index contributed by atoms with van der Waals surface area (Å²) in [4.78, 5) is 12.0. The van der Waals surface area contributed by atoms with Crippen molar-refractivity contribution in [3.05, 3.63) is 144 Å². The van der Waals surface area contributed by atoms with Gasteiger partial charge in [-0.1, -0.05) is 64.0 Å². The average molecular weight is 789 g/mol. The lowest BCUT2D eigenvalue weighted by atomic mass is 9.99. The van der Waals surface area contributed by atoms with E-state index >= 15 is 8.78 Å². The van der Waals surface area contributed by atoms with Crippen LogP contribution in [0.15, 0.2) is 115 Å². The van der Waals surface area contributed by atoms with Crippen molar-refractivity contribution in [1.82, 2.24) is 13.8 Å². The molecule has 0 fully saturated rings. The van der Waals surface area contributed by atoms with Crippen molar-refractivity contribution in [3.63, 3.8) is 0 Å². The Hall–Kier alpha value is -5.07. The van der Waals surface area contributed by atoms with Crippen LogP contribution in [0.25, 0.3) is 22.2 Å². The van der Waals surface area contributed by atoms with Gasteiger partial charge in [-0.15, -0.1) is 6.58 Å². The van der Waals surface area contributed by atoms with Crippen molar-refractivity contribution in [2.45, 2.75) is 49.4 Å². The number of carbonyl (C=O) groups excluding carboxylic acids is 1. The Bertz CT molecular complexity index is 2370. The minimum absolute atomic E-state index is 0.0772. The van der Waals surface area contributed by atoms with Crippen LogP contribution in [0.3, 0.4) is 0 Å². The summed E-state index contributed by atoms with van der Waals surface area (Å²) in [5, 5.41) is 5.35. The number of hydrogen-bond donors (Lipinski definition) is 0. The normalized spacial score (nSPS) is 12.2. The number of ether oxygens (including phenoxy) is 2. The molecule has 0 bridgehead atoms. The molecule has 6 aromatic rings. The third kappa shape index (κ3) is 7.58. The number of aromatic nitrogens is 3. The van der Waals surface area contributed by atoms with E-state index in [2.05, 4.69) is 22.5 Å². The monoisotopic (exact) mass is 787 g/mol. The standard InChI is InChI=1S/C40H36BrF2N3O5S/c1-4-7-37(28-9-6-8-27(22-28)12-17-39(47)50-5-2)45-20-19-36(44-45)32-23-29(13-16-34(32)42)51-40-33(25-41)31-18-21-46(38(31)24-35(40)43)52(48,49)30-14-10-26(3)11-15-30/h4,6,8-11,13-16,18-24,37H,1,5,7,12,17,25H2,2-3H3. The van der Waals surface area contributed by atoms with Crippen LogP contribution in [-0.2, 0) is 31.3 Å². The van der Waals surface area contributed by atoms with E-state index in [9.17, 15) is 13.2 Å². The summed E-state index contributed by atoms with van der Waals surface area (Å²) in [6.07, 6.45) is 6.27. The predicted molar refractivity (Wildman–Crippen MR) is 200 cm³/mol. The van der Waals surface area contributed by atoms with Gasteiger partial charge < -0.3 is 9.47 Å². The predicted octanol–water partition coefficient (Wildman–Crippen LogP) is 9.68. The zero-order valence-corrected chi connectivity index (χ0v) is 31.0. The Balaban J connectivity index is 1.29. The van der Waals surface area contributed by atoms with E-state index in [1.807, 2.05) is 31.2 Å². The Labute approximate surface area is 309 Å². The number of rotatable bonds is 14. The second kappa shape index (κ2) is 15.7. The molecule has 6 rings (SSSR count). The number of fused-ring (bicyclic) bond motifs is 1. The number of alkyl halides is 1. The van der Waals surface area contributed by atoms with Crippen molar-refractivity contribution >= 4 is 42.8 Å². The zero-order chi connectivity index (χ0) is 37.0. The highest BCUT2D eigenvalue weighted by Crippen LogP contribution is 2.39. The van der Waals surface area contributed by atoms with Gasteiger partial charge in [0.2, 0.25) is 0 Å². The molecule has 1 atom stereocenters. The number of aryl methyl sites for hydroxylation is 2. The Morgan fingerprint density at radius 1 is 1.00 bits per heavy atom. The number of benzene rings is 4. The van der Waals surface area contributed by atoms with Crippen molar-refractivity contribution in [2.24, 2.45) is 0 Å². The summed E-state index contributed by atoms with van der Waals surface area (Å²) in [5.74, 6) is -1.54. The van der Waals surface area contributed by atoms with Crippen molar-refractivity contribution in [3.8, 4) is 22.8 Å². The molecule has 0 aliphatic heterocycles. The van der Waals surface area contributed by atoms with Gasteiger partial charge in [0.05, 0.1) is 28.8 Å². The first kappa shape index (κ1) is 36.7. The van der Waals surface area contributed by atoms with Crippen LogP contribution in [0.5, 0.6) is 11.5 Å². The smallest absolute Gasteiger partial charge is 0.306 e. The zero-order valence-electron chi connectivity index (χ0n) is 28.6. The molecule has 2 heterocycles. The Kier molecular flexibility index (Phi) is 11.1. The van der Waals surface area contributed by atoms with Gasteiger partial charge in [-0.2, -0.15) is 5.10 Å². The quantitative estimate of drug-likeness (QED) is 0.0621. The molecular weight excluding hydrogens is 752 g/mol. The van der Waals surface area contributed by atoms with E-state index in [1.165, 1.54) is 36.5 Å². The van der Waals surface area contributed by atoms with Gasteiger partial charge in [0.15, 0.2) is 11.6 Å². The van der Waals surface area contributed by atoms with Crippen molar-refractivity contribution in [1.29, 1.82) is 0 Å². The molecule has 0 aliphatic carbocycles. The van der Waals surface area contributed by atoms with Gasteiger partial charge in [0, 0.05) is 46.7 Å². The van der Waals surface area contributed by atoms with Crippen LogP contribution >= 0.6 is 15.9 Å². The number of halogens is 3. The van der Waals surface area contributed by atoms with Gasteiger partial charge in [-0.3, -0.25) is 9.48 Å². The molecule has 0 saturated carbocycles. The molecule has 0 N–H and O–H groups in total. The molecule has 2 aromatic heterocycles. The van der Waals surface area contributed by atoms with E-state index in [-0.39, 0.29) is 51.2 Å². The van der Waals surface area contributed by atoms with Crippen LogP contribution in [0.2, 0.25) is 0 Å². The van der Waals surface area contributed by atoms with Gasteiger partial charge in [0.1, 0.15) is 11.6 Å². The van der Waals surface area contributed by atoms with Crippen LogP contribution in [-0.4, -0.2) is 34.7 Å². The summed E-state index contributed by atoms with van der Waals surface area (Å²) in [6.45, 7) is 7.88. The molecule has 0 amide bonds. The lowest BCUT2D eigenvalue weighted by Crippen LogP contribution is -2.12. The fourth-order valence-corrected chi connectivity index (χ4v) is 7.97. The number of allylic oxidation sites excluding steroid dienone is 1. The second-order valence-electron chi connectivity index (χ2n) is 12.2. The van der Waals surface area contributed by atoms with E-state index in [1.54, 1.807) is 48.1 Å². The van der Waals surface area contributed by atoms with Crippen molar-refractivity contribution < 1.29 is 31.5 Å². The summed E-state index contributed by atoms with van der Waals surface area (Å²) in [5.41, 5.74) is 3.86. The van der Waals surface area contributed by atoms with Gasteiger partial charge in [-0.05, 0) is 80.3 Å². The maximum Gasteiger partial charge on any atom is 0.306 e. The molecule has 0 aliphatic rings. The van der Waals surface area contributed by atoms with E-state index < -0.39 is 21.7 Å². The largest absolute Gasteiger partial charge is 0.466 e. The molecule has 1 unspecified atom stereocenters. The lowest BCUT2D eigenvalue weighted by molar-refractivity contribution is -0.143. The fraction of sp³-hybridized carbons (Fsp3) is 0.200. The number of nitrogens with zero attached hydrogens (tertiary/aromatic N) is 3. The van der Waals surface area contributed by atoms with Crippen LogP contribution in [0.4, 0.5) is 8.78 Å². The highest BCUT2D eigenvalue weighted by atomic mass is 79.9. The summed E-state index contributed by atoms with van der Waals surface area (Å²) in [6, 6.07) is 22.5. The second-order valence-corrected chi connectivity index (χ2v) is 14.6. The van der Waals surface area contributed by atoms with Gasteiger partial charge >= 0.3 is 5.97 Å². The molecular formula is C40H36BrF2N3O5S. The molecule has 52 heavy (non-hydrogen) atoms. The SMILES string of the molecule is C=CCC(c1cccc(CCC(=O)OCC)c1)n1ccc(-c2cc(Oc3c(F)cc4c(ccn4S(=O)(=O)c4ccc(C)cc4)c3CBr)ccc2F)n1. The molecule has 0 saturated heterocycles. The topological polar surface area (TPSA) is 92.4 Å². The average Bonchev–Trinajstić information content (AvgIpc) is 3.79. The number of hydrogen-bond acceptors (Lipinski definition) is 6. The van der Waals surface area contributed by atoms with E-state index in [0.717, 1.165) is 26.7 Å². The summed E-state index contributed by atoms with van der Waals surface area (Å²) >= 11 is 3.42. The summed E-state index contributed by atoms with van der Waals surface area (Å²) in [7, 11) is -4.01. The van der Waals surface area contributed by atoms with Crippen LogP contribution in [0, 0.1) is 18.6 Å². The van der Waals surface area contributed by atoms with Crippen molar-refractivity contribution in [2.75, 3.05) is 6.61 Å². The first-order chi connectivity index (χ1) is 25.0. The van der Waals surface area contributed by atoms with Crippen LogP contribution in [0.1, 0.15) is 48.1 Å². The lowest BCUT2D eigenvalue weighted by Gasteiger charge is -2.18. The minimum Gasteiger partial charge on any atom is -0.466 e. The van der Waals surface area contributed by atoms with E-state index in [4.69, 9.17) is 14.6 Å². The number of esters is 1. The van der Waals surface area contributed by atoms with Gasteiger partial charge in [0.25, 0.3) is 10.0 Å². The highest BCUT2D eigenvalue weighted by Gasteiger charge is 2.24. The highest BCUT2D eigenvalue weighted by molar-refractivity contribution is 9.08. The molecule has 4 aromatic carbocycles. The van der Waals surface area contributed by atoms with Crippen LogP contribution < -0.4 is 4.74 Å². The Morgan fingerprint density at radius 2 is 1.79 bits per heavy atom. The molecule has 8 nitrogen and oxygen atoms in total. The molecule has 0 radical (unpaired) electrons. The molecule has 0 spiro atoms. The Morgan fingerprint density at radius 3 is 2.52 bits per heavy atom. The first-order valence-electron chi connectivity index (χ1n) is 16.6. The van der Waals surface area contributed by atoms with E-state index in [0.29, 0.717) is 36.1 Å². The summed E-state index contributed by atoms with van der Waals surface area (Å²) < 4.78 is 72.1. The van der Waals surface area contributed by atoms with Gasteiger partial charge in [-0.25, -0.2) is 21.2 Å². The minimum atomic E-state index is -4.01. The molecule has 268 valence electrons. The first-order valence-corrected chi connectivity index (χ1v) is 19.2.